The fraction of sp³-hybridized carbons (Fsp3) is 0.789. The number of hydrogen-bond donors (Lipinski definition) is 4. The number of nitrogens with zero attached hydrogens (tertiary/aromatic N) is 1. The molecule has 0 saturated carbocycles. The zero-order valence-electron chi connectivity index (χ0n) is 16.8. The van der Waals surface area contributed by atoms with Crippen molar-refractivity contribution in [1.82, 2.24) is 10.2 Å². The van der Waals surface area contributed by atoms with Crippen molar-refractivity contribution in [2.45, 2.75) is 64.0 Å². The van der Waals surface area contributed by atoms with E-state index in [1.165, 1.54) is 4.90 Å². The van der Waals surface area contributed by atoms with E-state index >= 15 is 0 Å². The Bertz CT molecular complexity index is 680. The van der Waals surface area contributed by atoms with E-state index < -0.39 is 18.2 Å². The molecule has 3 heterocycles. The Kier molecular flexibility index (Phi) is 6.01. The quantitative estimate of drug-likeness (QED) is 0.366. The van der Waals surface area contributed by atoms with Gasteiger partial charge in [-0.1, -0.05) is 20.8 Å². The Morgan fingerprint density at radius 2 is 2.18 bits per heavy atom. The first-order chi connectivity index (χ1) is 13.1. The number of ether oxygens (including phenoxy) is 1. The van der Waals surface area contributed by atoms with Gasteiger partial charge in [0.15, 0.2) is 0 Å². The topological polar surface area (TPSA) is 125 Å². The van der Waals surface area contributed by atoms with Gasteiger partial charge in [-0.25, -0.2) is 4.79 Å². The maximum Gasteiger partial charge on any atom is 0.512 e. The Labute approximate surface area is 169 Å². The largest absolute Gasteiger partial charge is 0.512 e. The van der Waals surface area contributed by atoms with Crippen LogP contribution in [0.3, 0.4) is 0 Å². The van der Waals surface area contributed by atoms with Gasteiger partial charge in [0.05, 0.1) is 23.0 Å². The van der Waals surface area contributed by atoms with Gasteiger partial charge in [0.2, 0.25) is 11.8 Å². The van der Waals surface area contributed by atoms with E-state index in [0.29, 0.717) is 12.6 Å². The van der Waals surface area contributed by atoms with Crippen molar-refractivity contribution in [2.24, 2.45) is 23.0 Å². The normalized spacial score (nSPS) is 33.7. The molecule has 2 fully saturated rings. The van der Waals surface area contributed by atoms with Gasteiger partial charge in [-0.2, -0.15) is 0 Å². The third-order valence-corrected chi connectivity index (χ3v) is 7.57. The van der Waals surface area contributed by atoms with Crippen LogP contribution in [0.4, 0.5) is 4.79 Å². The number of nitrogens with one attached hydrogen (secondary N) is 1. The van der Waals surface area contributed by atoms with Gasteiger partial charge in [-0.3, -0.25) is 9.69 Å². The highest BCUT2D eigenvalue weighted by molar-refractivity contribution is 8.03. The molecule has 0 spiro atoms. The molecule has 0 unspecified atom stereocenters. The van der Waals surface area contributed by atoms with Crippen molar-refractivity contribution in [1.29, 1.82) is 0 Å². The van der Waals surface area contributed by atoms with Crippen LogP contribution in [-0.4, -0.2) is 63.7 Å². The van der Waals surface area contributed by atoms with E-state index in [0.717, 1.165) is 24.3 Å². The van der Waals surface area contributed by atoms with Gasteiger partial charge in [0, 0.05) is 23.8 Å². The number of hydrogen-bond acceptors (Lipinski definition) is 7. The number of carboxylic acid groups (broad SMARTS) is 1. The molecule has 5 N–H and O–H groups in total. The van der Waals surface area contributed by atoms with Gasteiger partial charge in [-0.05, 0) is 31.7 Å². The second-order valence-corrected chi connectivity index (χ2v) is 10.3. The number of aliphatic hydroxyl groups is 1. The lowest BCUT2D eigenvalue weighted by Gasteiger charge is -2.45. The fourth-order valence-electron chi connectivity index (χ4n) is 4.56. The number of carbonyl (C=O) groups excluding carboxylic acids is 1. The fourth-order valence-corrected chi connectivity index (χ4v) is 6.02. The molecule has 9 heteroatoms. The Hall–Kier alpha value is -1.29. The Morgan fingerprint density at radius 1 is 1.50 bits per heavy atom. The van der Waals surface area contributed by atoms with E-state index in [-0.39, 0.29) is 34.4 Å². The molecule has 0 aliphatic carbocycles. The first-order valence-corrected chi connectivity index (χ1v) is 10.7. The minimum atomic E-state index is -1.43. The van der Waals surface area contributed by atoms with Crippen LogP contribution in [0.1, 0.15) is 40.5 Å². The Balaban J connectivity index is 1.74. The smallest absolute Gasteiger partial charge is 0.449 e. The lowest BCUT2D eigenvalue weighted by molar-refractivity contribution is -0.163. The minimum Gasteiger partial charge on any atom is -0.449 e. The van der Waals surface area contributed by atoms with Crippen LogP contribution >= 0.6 is 11.8 Å². The maximum absolute atomic E-state index is 12.5. The number of rotatable bonds is 7. The van der Waals surface area contributed by atoms with E-state index in [9.17, 15) is 14.7 Å². The number of carbonyl (C=O) groups is 2. The Morgan fingerprint density at radius 3 is 2.75 bits per heavy atom. The zero-order chi connectivity index (χ0) is 20.8. The second kappa shape index (κ2) is 7.85. The van der Waals surface area contributed by atoms with Crippen molar-refractivity contribution in [3.05, 3.63) is 10.8 Å². The highest BCUT2D eigenvalue weighted by atomic mass is 32.2. The molecule has 3 aliphatic heterocycles. The summed E-state index contributed by atoms with van der Waals surface area (Å²) < 4.78 is 5.02. The van der Waals surface area contributed by atoms with Gasteiger partial charge in [-0.15, -0.1) is 11.8 Å². The number of nitrogens with two attached hydrogens (primary N) is 1. The third-order valence-electron chi connectivity index (χ3n) is 6.07. The van der Waals surface area contributed by atoms with Gasteiger partial charge >= 0.3 is 6.16 Å². The van der Waals surface area contributed by atoms with Crippen molar-refractivity contribution in [3.8, 4) is 0 Å². The van der Waals surface area contributed by atoms with E-state index in [2.05, 4.69) is 19.2 Å². The van der Waals surface area contributed by atoms with E-state index in [1.54, 1.807) is 18.7 Å². The zero-order valence-corrected chi connectivity index (χ0v) is 17.7. The highest BCUT2D eigenvalue weighted by Crippen LogP contribution is 2.52. The molecule has 2 saturated heterocycles. The van der Waals surface area contributed by atoms with Crippen LogP contribution in [0.2, 0.25) is 0 Å². The van der Waals surface area contributed by atoms with E-state index in [1.807, 2.05) is 6.92 Å². The van der Waals surface area contributed by atoms with Crippen molar-refractivity contribution in [2.75, 3.05) is 13.1 Å². The van der Waals surface area contributed by atoms with Gasteiger partial charge in [0.1, 0.15) is 0 Å². The number of thioether (sulfide) groups is 1. The number of aliphatic hydroxyl groups excluding tert-OH is 1. The molecule has 3 rings (SSSR count). The molecule has 3 aliphatic rings. The molecule has 28 heavy (non-hydrogen) atoms. The van der Waals surface area contributed by atoms with Crippen LogP contribution < -0.4 is 11.1 Å². The van der Waals surface area contributed by atoms with Crippen molar-refractivity contribution in [3.63, 3.8) is 0 Å². The number of fused-ring (bicyclic) bond motifs is 1. The molecule has 0 aromatic carbocycles. The lowest BCUT2D eigenvalue weighted by atomic mass is 9.79. The maximum atomic E-state index is 12.5. The predicted molar refractivity (Wildman–Crippen MR) is 106 cm³/mol. The summed E-state index contributed by atoms with van der Waals surface area (Å²) in [4.78, 5) is 25.9. The highest BCUT2D eigenvalue weighted by Gasteiger charge is 2.60. The molecule has 8 nitrogen and oxygen atoms in total. The van der Waals surface area contributed by atoms with Crippen LogP contribution in [0, 0.1) is 17.3 Å². The van der Waals surface area contributed by atoms with E-state index in [4.69, 9.17) is 15.6 Å². The summed E-state index contributed by atoms with van der Waals surface area (Å²) in [5.74, 6) is -0.732. The van der Waals surface area contributed by atoms with Crippen LogP contribution in [-0.2, 0) is 9.53 Å². The first kappa shape index (κ1) is 21.4. The van der Waals surface area contributed by atoms with Crippen molar-refractivity contribution >= 4 is 23.8 Å². The van der Waals surface area contributed by atoms with Crippen LogP contribution in [0.25, 0.3) is 0 Å². The second-order valence-electron chi connectivity index (χ2n) is 8.94. The SMILES string of the molecule is C[C@@H](O)[C@H]1C(=O)N2C(OC(=O)O)=C(S[C@@H]3CN[C@H](CC(C)(C)CN)C3)[C@H](C)[C@@H]12. The summed E-state index contributed by atoms with van der Waals surface area (Å²) in [6, 6.07) is 0.117. The van der Waals surface area contributed by atoms with Gasteiger partial charge < -0.3 is 26.0 Å². The van der Waals surface area contributed by atoms with Gasteiger partial charge in [0.25, 0.3) is 0 Å². The molecule has 0 aromatic rings. The first-order valence-electron chi connectivity index (χ1n) is 9.82. The average Bonchev–Trinajstić information content (AvgIpc) is 3.09. The van der Waals surface area contributed by atoms with Crippen molar-refractivity contribution < 1.29 is 24.5 Å². The number of β-lactam (4-membered cyclic amide) rings is 1. The summed E-state index contributed by atoms with van der Waals surface area (Å²) in [7, 11) is 0. The summed E-state index contributed by atoms with van der Waals surface area (Å²) in [5.41, 5.74) is 5.92. The molecule has 0 aromatic heterocycles. The molecule has 1 amide bonds. The molecule has 158 valence electrons. The molecule has 0 bridgehead atoms. The standard InChI is InChI=1S/C19H31N3O5S/c1-9-14-13(10(2)23)16(24)22(14)17(27-18(25)26)15(9)28-12-5-11(21-7-12)6-19(3,4)8-20/h9-14,21,23H,5-8,20H2,1-4H3,(H,25,26)/t9-,10-,11+,12+,13-,14+/m1/s1. The molecule has 0 radical (unpaired) electrons. The number of amides is 1. The minimum absolute atomic E-state index is 0.0659. The van der Waals surface area contributed by atoms with Crippen LogP contribution in [0.15, 0.2) is 10.8 Å². The predicted octanol–water partition coefficient (Wildman–Crippen LogP) is 1.55. The summed E-state index contributed by atoms with van der Waals surface area (Å²) >= 11 is 1.60. The summed E-state index contributed by atoms with van der Waals surface area (Å²) in [6.45, 7) is 9.31. The molecular weight excluding hydrogens is 382 g/mol. The summed E-state index contributed by atoms with van der Waals surface area (Å²) in [6.07, 6.45) is -0.280. The van der Waals surface area contributed by atoms with Crippen LogP contribution in [0.5, 0.6) is 0 Å². The average molecular weight is 414 g/mol. The summed E-state index contributed by atoms with van der Waals surface area (Å²) in [5, 5.41) is 22.9. The molecule has 6 atom stereocenters. The monoisotopic (exact) mass is 413 g/mol. The molecular formula is C19H31N3O5S. The lowest BCUT2D eigenvalue weighted by Crippen LogP contribution is -2.63. The third kappa shape index (κ3) is 3.90.